The summed E-state index contributed by atoms with van der Waals surface area (Å²) < 4.78 is 2.12. The summed E-state index contributed by atoms with van der Waals surface area (Å²) in [4.78, 5) is 8.22. The third kappa shape index (κ3) is 2.25. The molecule has 1 aliphatic heterocycles. The first-order chi connectivity index (χ1) is 9.00. The summed E-state index contributed by atoms with van der Waals surface area (Å²) in [5, 5.41) is 2.06. The maximum atomic E-state index is 6.13. The second-order valence-electron chi connectivity index (χ2n) is 6.37. The zero-order valence-electron chi connectivity index (χ0n) is 11.7. The fourth-order valence-corrected chi connectivity index (χ4v) is 3.83. The highest BCUT2D eigenvalue weighted by Crippen LogP contribution is 2.37. The van der Waals surface area contributed by atoms with Crippen molar-refractivity contribution in [3.63, 3.8) is 0 Å². The van der Waals surface area contributed by atoms with Crippen LogP contribution in [0.1, 0.15) is 32.9 Å². The Balaban J connectivity index is 1.91. The second-order valence-corrected chi connectivity index (χ2v) is 7.51. The van der Waals surface area contributed by atoms with Crippen molar-refractivity contribution < 1.29 is 0 Å². The van der Waals surface area contributed by atoms with E-state index < -0.39 is 0 Å². The summed E-state index contributed by atoms with van der Waals surface area (Å²) in [6.07, 6.45) is 3.31. The lowest BCUT2D eigenvalue weighted by Crippen LogP contribution is -2.26. The minimum Gasteiger partial charge on any atom is -0.355 e. The Bertz CT molecular complexity index is 581. The van der Waals surface area contributed by atoms with Gasteiger partial charge in [0.1, 0.15) is 0 Å². The first-order valence-corrected chi connectivity index (χ1v) is 8.17. The average molecular weight is 298 g/mol. The first-order valence-electron chi connectivity index (χ1n) is 6.76. The van der Waals surface area contributed by atoms with Gasteiger partial charge in [0.2, 0.25) is 0 Å². The molecule has 0 saturated carbocycles. The zero-order valence-corrected chi connectivity index (χ0v) is 13.3. The van der Waals surface area contributed by atoms with Gasteiger partial charge in [-0.25, -0.2) is 4.98 Å². The molecule has 1 atom stereocenters. The highest BCUT2D eigenvalue weighted by molar-refractivity contribution is 7.15. The molecular formula is C14H20ClN3S. The summed E-state index contributed by atoms with van der Waals surface area (Å²) in [6.45, 7) is 9.18. The molecule has 0 bridgehead atoms. The molecule has 0 amide bonds. The van der Waals surface area contributed by atoms with Crippen LogP contribution < -0.4 is 4.90 Å². The van der Waals surface area contributed by atoms with E-state index in [4.69, 9.17) is 16.6 Å². The predicted octanol–water partition coefficient (Wildman–Crippen LogP) is 4.01. The van der Waals surface area contributed by atoms with Gasteiger partial charge in [-0.05, 0) is 17.8 Å². The van der Waals surface area contributed by atoms with Gasteiger partial charge in [0.05, 0.1) is 11.6 Å². The van der Waals surface area contributed by atoms with Crippen LogP contribution >= 0.6 is 22.9 Å². The lowest BCUT2D eigenvalue weighted by molar-refractivity contribution is 0.263. The predicted molar refractivity (Wildman–Crippen MR) is 82.4 cm³/mol. The van der Waals surface area contributed by atoms with E-state index in [2.05, 4.69) is 41.6 Å². The normalized spacial score (nSPS) is 20.6. The van der Waals surface area contributed by atoms with E-state index in [-0.39, 0.29) is 0 Å². The summed E-state index contributed by atoms with van der Waals surface area (Å²) in [7, 11) is 0. The highest BCUT2D eigenvalue weighted by Gasteiger charge is 2.33. The van der Waals surface area contributed by atoms with E-state index >= 15 is 0 Å². The number of thiazole rings is 1. The van der Waals surface area contributed by atoms with Crippen LogP contribution in [0.15, 0.2) is 11.6 Å². The highest BCUT2D eigenvalue weighted by atomic mass is 35.5. The summed E-state index contributed by atoms with van der Waals surface area (Å²) in [5.41, 5.74) is 1.50. The molecule has 0 aromatic carbocycles. The Kier molecular flexibility index (Phi) is 3.26. The van der Waals surface area contributed by atoms with Gasteiger partial charge >= 0.3 is 0 Å². The van der Waals surface area contributed by atoms with Gasteiger partial charge in [-0.3, -0.25) is 4.40 Å². The van der Waals surface area contributed by atoms with Crippen molar-refractivity contribution in [2.45, 2.75) is 33.1 Å². The topological polar surface area (TPSA) is 20.5 Å². The number of imidazole rings is 1. The molecule has 3 heterocycles. The lowest BCUT2D eigenvalue weighted by Gasteiger charge is -2.27. The van der Waals surface area contributed by atoms with E-state index in [1.54, 1.807) is 11.3 Å². The van der Waals surface area contributed by atoms with Crippen molar-refractivity contribution in [1.82, 2.24) is 9.38 Å². The van der Waals surface area contributed by atoms with Gasteiger partial charge in [0, 0.05) is 24.7 Å². The SMILES string of the molecule is CC(C)(C)C1CCN(c2nc3sccn3c2CCl)C1. The van der Waals surface area contributed by atoms with Crippen LogP contribution in [0, 0.1) is 11.3 Å². The van der Waals surface area contributed by atoms with E-state index in [1.807, 2.05) is 0 Å². The standard InChI is InChI=1S/C14H20ClN3S/c1-14(2,3)10-4-5-17(9-10)12-11(8-15)18-6-7-19-13(18)16-12/h6-7,10H,4-5,8-9H2,1-3H3. The molecule has 3 rings (SSSR count). The van der Waals surface area contributed by atoms with Crippen LogP contribution in [0.3, 0.4) is 0 Å². The number of halogens is 1. The molecule has 1 fully saturated rings. The van der Waals surface area contributed by atoms with Crippen LogP contribution in [0.25, 0.3) is 4.96 Å². The van der Waals surface area contributed by atoms with Crippen molar-refractivity contribution in [1.29, 1.82) is 0 Å². The Hall–Kier alpha value is -0.740. The van der Waals surface area contributed by atoms with E-state index in [0.717, 1.165) is 35.5 Å². The molecule has 1 unspecified atom stereocenters. The Morgan fingerprint density at radius 1 is 1.47 bits per heavy atom. The Labute approximate surface area is 123 Å². The lowest BCUT2D eigenvalue weighted by atomic mass is 9.80. The van der Waals surface area contributed by atoms with E-state index in [0.29, 0.717) is 11.3 Å². The number of anilines is 1. The number of fused-ring (bicyclic) bond motifs is 1. The molecule has 1 aliphatic rings. The number of rotatable bonds is 2. The fraction of sp³-hybridized carbons (Fsp3) is 0.643. The number of hydrogen-bond acceptors (Lipinski definition) is 3. The molecule has 2 aromatic rings. The first kappa shape index (κ1) is 13.3. The Morgan fingerprint density at radius 3 is 2.89 bits per heavy atom. The number of hydrogen-bond donors (Lipinski definition) is 0. The number of aromatic nitrogens is 2. The fourth-order valence-electron chi connectivity index (χ4n) is 2.86. The molecule has 0 radical (unpaired) electrons. The summed E-state index contributed by atoms with van der Waals surface area (Å²) in [6, 6.07) is 0. The monoisotopic (exact) mass is 297 g/mol. The third-order valence-corrected chi connectivity index (χ3v) is 5.19. The largest absolute Gasteiger partial charge is 0.355 e. The van der Waals surface area contributed by atoms with Gasteiger partial charge in [-0.2, -0.15) is 0 Å². The van der Waals surface area contributed by atoms with Gasteiger partial charge < -0.3 is 4.90 Å². The Morgan fingerprint density at radius 2 is 2.26 bits per heavy atom. The zero-order chi connectivity index (χ0) is 13.6. The average Bonchev–Trinajstić information content (AvgIpc) is 3.01. The molecule has 0 N–H and O–H groups in total. The van der Waals surface area contributed by atoms with Crippen molar-refractivity contribution in [2.75, 3.05) is 18.0 Å². The third-order valence-electron chi connectivity index (χ3n) is 4.18. The summed E-state index contributed by atoms with van der Waals surface area (Å²) >= 11 is 7.80. The van der Waals surface area contributed by atoms with Crippen molar-refractivity contribution in [3.05, 3.63) is 17.3 Å². The van der Waals surface area contributed by atoms with Crippen LogP contribution in [0.5, 0.6) is 0 Å². The van der Waals surface area contributed by atoms with Gasteiger partial charge in [0.15, 0.2) is 10.8 Å². The van der Waals surface area contributed by atoms with Gasteiger partial charge in [-0.1, -0.05) is 20.8 Å². The minimum absolute atomic E-state index is 0.368. The van der Waals surface area contributed by atoms with E-state index in [1.165, 1.54) is 6.42 Å². The molecule has 1 saturated heterocycles. The van der Waals surface area contributed by atoms with Crippen LogP contribution in [-0.2, 0) is 5.88 Å². The molecule has 0 spiro atoms. The number of nitrogens with zero attached hydrogens (tertiary/aromatic N) is 3. The van der Waals surface area contributed by atoms with E-state index in [9.17, 15) is 0 Å². The molecule has 0 aliphatic carbocycles. The molecular weight excluding hydrogens is 278 g/mol. The van der Waals surface area contributed by atoms with Crippen molar-refractivity contribution >= 4 is 33.7 Å². The van der Waals surface area contributed by atoms with Crippen molar-refractivity contribution in [3.8, 4) is 0 Å². The minimum atomic E-state index is 0.368. The smallest absolute Gasteiger partial charge is 0.195 e. The maximum Gasteiger partial charge on any atom is 0.195 e. The summed E-state index contributed by atoms with van der Waals surface area (Å²) in [5.74, 6) is 2.34. The molecule has 5 heteroatoms. The molecule has 3 nitrogen and oxygen atoms in total. The van der Waals surface area contributed by atoms with Crippen LogP contribution in [0.2, 0.25) is 0 Å². The van der Waals surface area contributed by atoms with Gasteiger partial charge in [-0.15, -0.1) is 22.9 Å². The second kappa shape index (κ2) is 4.67. The molecule has 19 heavy (non-hydrogen) atoms. The molecule has 104 valence electrons. The van der Waals surface area contributed by atoms with Crippen molar-refractivity contribution in [2.24, 2.45) is 11.3 Å². The quantitative estimate of drug-likeness (QED) is 0.781. The maximum absolute atomic E-state index is 6.13. The van der Waals surface area contributed by atoms with Crippen LogP contribution in [0.4, 0.5) is 5.82 Å². The number of alkyl halides is 1. The van der Waals surface area contributed by atoms with Gasteiger partial charge in [0.25, 0.3) is 0 Å². The molecule has 2 aromatic heterocycles. The van der Waals surface area contributed by atoms with Crippen LogP contribution in [-0.4, -0.2) is 22.5 Å².